The SMILES string of the molecule is COC(=O)c1c(C=Cc2ccc(F)cc2)cc(OC(F)C(F)CCF)c(CC=C(C)C)c1O. The summed E-state index contributed by atoms with van der Waals surface area (Å²) in [5.41, 5.74) is 1.41. The summed E-state index contributed by atoms with van der Waals surface area (Å²) in [5, 5.41) is 10.9. The van der Waals surface area contributed by atoms with Crippen LogP contribution in [0.25, 0.3) is 12.2 Å². The van der Waals surface area contributed by atoms with Crippen molar-refractivity contribution in [3.05, 3.63) is 70.1 Å². The number of carbonyl (C=O) groups excluding carboxylic acids is 1. The minimum Gasteiger partial charge on any atom is -0.507 e. The van der Waals surface area contributed by atoms with Crippen LogP contribution in [0.1, 0.15) is 47.3 Å². The molecule has 178 valence electrons. The van der Waals surface area contributed by atoms with E-state index in [0.717, 1.165) is 12.7 Å². The molecule has 8 heteroatoms. The number of aromatic hydroxyl groups is 1. The van der Waals surface area contributed by atoms with E-state index in [0.29, 0.717) is 5.56 Å². The molecule has 0 aliphatic carbocycles. The Labute approximate surface area is 190 Å². The average Bonchev–Trinajstić information content (AvgIpc) is 2.77. The van der Waals surface area contributed by atoms with Gasteiger partial charge in [0.1, 0.15) is 22.9 Å². The predicted octanol–water partition coefficient (Wildman–Crippen LogP) is 6.37. The van der Waals surface area contributed by atoms with Gasteiger partial charge in [0, 0.05) is 12.0 Å². The number of hydrogen-bond acceptors (Lipinski definition) is 4. The molecule has 0 saturated heterocycles. The lowest BCUT2D eigenvalue weighted by atomic mass is 9.97. The number of ether oxygens (including phenoxy) is 2. The number of alkyl halides is 3. The number of carbonyl (C=O) groups is 1. The third-order valence-corrected chi connectivity index (χ3v) is 4.73. The number of rotatable bonds is 10. The molecule has 2 atom stereocenters. The molecule has 0 heterocycles. The van der Waals surface area contributed by atoms with E-state index in [-0.39, 0.29) is 28.9 Å². The normalized spacial score (nSPS) is 12.9. The molecule has 0 fully saturated rings. The first-order valence-corrected chi connectivity index (χ1v) is 10.2. The van der Waals surface area contributed by atoms with E-state index >= 15 is 0 Å². The average molecular weight is 466 g/mol. The van der Waals surface area contributed by atoms with Gasteiger partial charge in [-0.3, -0.25) is 4.39 Å². The number of methoxy groups -OCH3 is 1. The van der Waals surface area contributed by atoms with E-state index in [1.54, 1.807) is 19.9 Å². The fraction of sp³-hybridized carbons (Fsp3) is 0.320. The number of hydrogen-bond donors (Lipinski definition) is 1. The van der Waals surface area contributed by atoms with E-state index in [4.69, 9.17) is 9.47 Å². The zero-order chi connectivity index (χ0) is 24.5. The molecule has 2 rings (SSSR count). The van der Waals surface area contributed by atoms with Crippen LogP contribution in [0.3, 0.4) is 0 Å². The van der Waals surface area contributed by atoms with Crippen LogP contribution in [0, 0.1) is 5.82 Å². The van der Waals surface area contributed by atoms with Crippen molar-refractivity contribution in [2.24, 2.45) is 0 Å². The quantitative estimate of drug-likeness (QED) is 0.191. The van der Waals surface area contributed by atoms with Crippen molar-refractivity contribution >= 4 is 18.1 Å². The van der Waals surface area contributed by atoms with Gasteiger partial charge in [-0.1, -0.05) is 35.9 Å². The molecular weight excluding hydrogens is 440 g/mol. The maximum absolute atomic E-state index is 14.3. The van der Waals surface area contributed by atoms with Gasteiger partial charge in [-0.25, -0.2) is 13.6 Å². The third kappa shape index (κ3) is 7.10. The fourth-order valence-electron chi connectivity index (χ4n) is 2.95. The van der Waals surface area contributed by atoms with E-state index in [9.17, 15) is 27.5 Å². The number of esters is 1. The molecule has 0 saturated carbocycles. The summed E-state index contributed by atoms with van der Waals surface area (Å²) in [5.74, 6) is -2.00. The Hall–Kier alpha value is -3.29. The summed E-state index contributed by atoms with van der Waals surface area (Å²) >= 11 is 0. The first-order chi connectivity index (χ1) is 15.7. The first kappa shape index (κ1) is 26.0. The molecule has 0 aromatic heterocycles. The van der Waals surface area contributed by atoms with Crippen molar-refractivity contribution in [2.45, 2.75) is 39.2 Å². The fourth-order valence-corrected chi connectivity index (χ4v) is 2.95. The van der Waals surface area contributed by atoms with E-state index in [1.165, 1.54) is 42.5 Å². The summed E-state index contributed by atoms with van der Waals surface area (Å²) < 4.78 is 63.7. The second-order valence-electron chi connectivity index (χ2n) is 7.49. The lowest BCUT2D eigenvalue weighted by molar-refractivity contribution is -0.0118. The van der Waals surface area contributed by atoms with Crippen LogP contribution in [0.5, 0.6) is 11.5 Å². The molecular formula is C25H26F4O4. The van der Waals surface area contributed by atoms with Crippen LogP contribution in [0.2, 0.25) is 0 Å². The van der Waals surface area contributed by atoms with Gasteiger partial charge in [-0.15, -0.1) is 0 Å². The summed E-state index contributed by atoms with van der Waals surface area (Å²) in [6.45, 7) is 2.54. The minimum absolute atomic E-state index is 0.0469. The Morgan fingerprint density at radius 1 is 1.15 bits per heavy atom. The lowest BCUT2D eigenvalue weighted by Gasteiger charge is -2.20. The maximum Gasteiger partial charge on any atom is 0.342 e. The topological polar surface area (TPSA) is 55.8 Å². The van der Waals surface area contributed by atoms with E-state index in [1.807, 2.05) is 0 Å². The Kier molecular flexibility index (Phi) is 9.51. The Balaban J connectivity index is 2.62. The number of phenols is 1. The van der Waals surface area contributed by atoms with Crippen LogP contribution < -0.4 is 4.74 Å². The molecule has 0 aliphatic heterocycles. The van der Waals surface area contributed by atoms with Gasteiger partial charge in [-0.05, 0) is 49.6 Å². The molecule has 0 aliphatic rings. The Bertz CT molecular complexity index is 1010. The zero-order valence-electron chi connectivity index (χ0n) is 18.6. The van der Waals surface area contributed by atoms with Gasteiger partial charge in [0.15, 0.2) is 6.17 Å². The molecule has 0 spiro atoms. The third-order valence-electron chi connectivity index (χ3n) is 4.73. The molecule has 2 aromatic rings. The smallest absolute Gasteiger partial charge is 0.342 e. The molecule has 33 heavy (non-hydrogen) atoms. The van der Waals surface area contributed by atoms with Crippen LogP contribution >= 0.6 is 0 Å². The number of benzene rings is 2. The number of halogens is 4. The standard InChI is InChI=1S/C25H26F4O4/c1-15(2)4-11-19-21(33-24(29)20(28)12-13-26)14-17(22(23(19)30)25(31)32-3)8-5-16-6-9-18(27)10-7-16/h4-10,14,20,24,30H,11-13H2,1-3H3. The van der Waals surface area contributed by atoms with Crippen molar-refractivity contribution in [1.82, 2.24) is 0 Å². The molecule has 2 aromatic carbocycles. The maximum atomic E-state index is 14.3. The van der Waals surface area contributed by atoms with Gasteiger partial charge in [-0.2, -0.15) is 4.39 Å². The highest BCUT2D eigenvalue weighted by molar-refractivity contribution is 5.98. The lowest BCUT2D eigenvalue weighted by Crippen LogP contribution is -2.25. The summed E-state index contributed by atoms with van der Waals surface area (Å²) in [6.07, 6.45) is -0.655. The second kappa shape index (κ2) is 12.1. The number of phenolic OH excluding ortho intramolecular Hbond substituents is 1. The van der Waals surface area contributed by atoms with Crippen LogP contribution in [-0.2, 0) is 11.2 Å². The van der Waals surface area contributed by atoms with Crippen LogP contribution in [-0.4, -0.2) is 37.4 Å². The highest BCUT2D eigenvalue weighted by Crippen LogP contribution is 2.38. The highest BCUT2D eigenvalue weighted by atomic mass is 19.2. The van der Waals surface area contributed by atoms with Gasteiger partial charge in [0.05, 0.1) is 13.8 Å². The van der Waals surface area contributed by atoms with Crippen LogP contribution in [0.15, 0.2) is 42.0 Å². The Morgan fingerprint density at radius 2 is 1.82 bits per heavy atom. The molecule has 4 nitrogen and oxygen atoms in total. The van der Waals surface area contributed by atoms with Crippen molar-refractivity contribution in [3.63, 3.8) is 0 Å². The molecule has 0 amide bonds. The molecule has 0 bridgehead atoms. The number of allylic oxidation sites excluding steroid dienone is 2. The molecule has 2 unspecified atom stereocenters. The van der Waals surface area contributed by atoms with Gasteiger partial charge in [0.2, 0.25) is 0 Å². The summed E-state index contributed by atoms with van der Waals surface area (Å²) in [7, 11) is 1.14. The second-order valence-corrected chi connectivity index (χ2v) is 7.49. The predicted molar refractivity (Wildman–Crippen MR) is 119 cm³/mol. The van der Waals surface area contributed by atoms with Crippen molar-refractivity contribution < 1.29 is 36.9 Å². The van der Waals surface area contributed by atoms with E-state index in [2.05, 4.69) is 0 Å². The molecule has 1 N–H and O–H groups in total. The van der Waals surface area contributed by atoms with Gasteiger partial charge in [0.25, 0.3) is 6.36 Å². The summed E-state index contributed by atoms with van der Waals surface area (Å²) in [4.78, 5) is 12.4. The van der Waals surface area contributed by atoms with Crippen LogP contribution in [0.4, 0.5) is 17.6 Å². The van der Waals surface area contributed by atoms with Gasteiger partial charge >= 0.3 is 5.97 Å². The summed E-state index contributed by atoms with van der Waals surface area (Å²) in [6, 6.07) is 6.75. The minimum atomic E-state index is -2.48. The highest BCUT2D eigenvalue weighted by Gasteiger charge is 2.27. The Morgan fingerprint density at radius 3 is 2.39 bits per heavy atom. The first-order valence-electron chi connectivity index (χ1n) is 10.2. The van der Waals surface area contributed by atoms with Gasteiger partial charge < -0.3 is 14.6 Å². The zero-order valence-corrected chi connectivity index (χ0v) is 18.6. The van der Waals surface area contributed by atoms with E-state index < -0.39 is 43.2 Å². The van der Waals surface area contributed by atoms with Crippen molar-refractivity contribution in [1.29, 1.82) is 0 Å². The monoisotopic (exact) mass is 466 g/mol. The largest absolute Gasteiger partial charge is 0.507 e. The molecule has 0 radical (unpaired) electrons. The van der Waals surface area contributed by atoms with Crippen molar-refractivity contribution in [2.75, 3.05) is 13.8 Å². The van der Waals surface area contributed by atoms with Crippen molar-refractivity contribution in [3.8, 4) is 11.5 Å².